The summed E-state index contributed by atoms with van der Waals surface area (Å²) in [5.41, 5.74) is -1.82. The van der Waals surface area contributed by atoms with Gasteiger partial charge in [0.25, 0.3) is 11.5 Å². The van der Waals surface area contributed by atoms with Crippen molar-refractivity contribution in [3.8, 4) is 0 Å². The van der Waals surface area contributed by atoms with E-state index in [9.17, 15) is 19.2 Å². The lowest BCUT2D eigenvalue weighted by Crippen LogP contribution is -2.27. The Hall–Kier alpha value is -2.87. The predicted molar refractivity (Wildman–Crippen MR) is 74.0 cm³/mol. The molecule has 2 rings (SSSR count). The Bertz CT molecular complexity index is 811. The fraction of sp³-hybridized carbons (Fsp3) is 0. The second-order valence-electron chi connectivity index (χ2n) is 3.99. The number of carbonyl (C=O) groups is 2. The molecule has 108 valence electrons. The molecule has 4 N–H and O–H groups in total. The minimum atomic E-state index is -1.21. The van der Waals surface area contributed by atoms with Gasteiger partial charge in [-0.1, -0.05) is 11.6 Å². The molecule has 0 aliphatic carbocycles. The Labute approximate surface area is 121 Å². The van der Waals surface area contributed by atoms with Crippen LogP contribution >= 0.6 is 11.6 Å². The van der Waals surface area contributed by atoms with Crippen LogP contribution in [0.5, 0.6) is 0 Å². The molecule has 0 bridgehead atoms. The molecule has 0 aliphatic rings. The molecule has 0 radical (unpaired) electrons. The molecule has 0 saturated heterocycles. The number of hydrogen-bond donors (Lipinski definition) is 4. The Balaban J connectivity index is 2.33. The maximum absolute atomic E-state index is 11.9. The molecular weight excluding hydrogens is 302 g/mol. The largest absolute Gasteiger partial charge is 0.478 e. The first-order valence-electron chi connectivity index (χ1n) is 5.54. The molecule has 1 amide bonds. The standard InChI is InChI=1S/C12H8ClN3O5/c13-6-1-5(11(19)20)2-7(3-6)14-10(18)8-4-9(17)16-12(21)15-8/h1-4H,(H,14,18)(H,19,20)(H2,15,16,17,21). The van der Waals surface area contributed by atoms with Gasteiger partial charge in [-0.15, -0.1) is 0 Å². The number of aromatic amines is 2. The van der Waals surface area contributed by atoms with E-state index in [0.717, 1.165) is 6.07 Å². The minimum absolute atomic E-state index is 0.114. The van der Waals surface area contributed by atoms with E-state index in [2.05, 4.69) is 10.3 Å². The molecule has 9 heteroatoms. The number of hydrogen-bond acceptors (Lipinski definition) is 4. The van der Waals surface area contributed by atoms with Gasteiger partial charge in [0.2, 0.25) is 0 Å². The molecule has 0 saturated carbocycles. The summed E-state index contributed by atoms with van der Waals surface area (Å²) in [7, 11) is 0. The first-order chi connectivity index (χ1) is 9.85. The highest BCUT2D eigenvalue weighted by Gasteiger charge is 2.11. The smallest absolute Gasteiger partial charge is 0.335 e. The van der Waals surface area contributed by atoms with Crippen molar-refractivity contribution in [2.45, 2.75) is 0 Å². The van der Waals surface area contributed by atoms with E-state index in [1.54, 1.807) is 0 Å². The van der Waals surface area contributed by atoms with Crippen molar-refractivity contribution in [3.05, 3.63) is 61.4 Å². The van der Waals surface area contributed by atoms with Crippen molar-refractivity contribution in [2.75, 3.05) is 5.32 Å². The zero-order chi connectivity index (χ0) is 15.6. The van der Waals surface area contributed by atoms with Gasteiger partial charge in [-0.05, 0) is 18.2 Å². The van der Waals surface area contributed by atoms with E-state index in [-0.39, 0.29) is 22.0 Å². The Morgan fingerprint density at radius 3 is 2.43 bits per heavy atom. The predicted octanol–water partition coefficient (Wildman–Crippen LogP) is 0.667. The molecule has 0 aliphatic heterocycles. The number of aromatic carboxylic acids is 1. The van der Waals surface area contributed by atoms with Crippen LogP contribution in [0, 0.1) is 0 Å². The van der Waals surface area contributed by atoms with Gasteiger partial charge in [0.1, 0.15) is 5.69 Å². The van der Waals surface area contributed by atoms with Crippen molar-refractivity contribution in [2.24, 2.45) is 0 Å². The van der Waals surface area contributed by atoms with Crippen LogP contribution in [0.4, 0.5) is 5.69 Å². The van der Waals surface area contributed by atoms with Crippen molar-refractivity contribution in [1.82, 2.24) is 9.97 Å². The van der Waals surface area contributed by atoms with Gasteiger partial charge in [0.15, 0.2) is 0 Å². The third-order valence-electron chi connectivity index (χ3n) is 2.41. The van der Waals surface area contributed by atoms with E-state index in [1.165, 1.54) is 18.2 Å². The van der Waals surface area contributed by atoms with Crippen LogP contribution in [-0.4, -0.2) is 27.0 Å². The lowest BCUT2D eigenvalue weighted by atomic mass is 10.2. The van der Waals surface area contributed by atoms with Gasteiger partial charge in [0.05, 0.1) is 5.56 Å². The molecule has 1 aromatic carbocycles. The number of carboxylic acid groups (broad SMARTS) is 1. The molecule has 1 aromatic heterocycles. The summed E-state index contributed by atoms with van der Waals surface area (Å²) in [6, 6.07) is 4.64. The molecule has 21 heavy (non-hydrogen) atoms. The number of nitrogens with one attached hydrogen (secondary N) is 3. The number of carboxylic acids is 1. The number of aromatic nitrogens is 2. The normalized spacial score (nSPS) is 10.1. The number of rotatable bonds is 3. The van der Waals surface area contributed by atoms with Gasteiger partial charge in [0, 0.05) is 16.8 Å². The SMILES string of the molecule is O=C(O)c1cc(Cl)cc(NC(=O)c2cc(=O)[nH]c(=O)[nH]2)c1. The van der Waals surface area contributed by atoms with Gasteiger partial charge >= 0.3 is 11.7 Å². The Kier molecular flexibility index (Phi) is 3.90. The Morgan fingerprint density at radius 2 is 1.81 bits per heavy atom. The number of halogens is 1. The average Bonchev–Trinajstić information content (AvgIpc) is 2.36. The van der Waals surface area contributed by atoms with Gasteiger partial charge < -0.3 is 15.4 Å². The van der Waals surface area contributed by atoms with E-state index in [1.807, 2.05) is 4.98 Å². The highest BCUT2D eigenvalue weighted by atomic mass is 35.5. The van der Waals surface area contributed by atoms with Crippen molar-refractivity contribution < 1.29 is 14.7 Å². The van der Waals surface area contributed by atoms with Crippen LogP contribution < -0.4 is 16.6 Å². The summed E-state index contributed by atoms with van der Waals surface area (Å²) in [6.45, 7) is 0. The van der Waals surface area contributed by atoms with Crippen LogP contribution in [-0.2, 0) is 0 Å². The molecule has 1 heterocycles. The number of carbonyl (C=O) groups excluding carboxylic acids is 1. The highest BCUT2D eigenvalue weighted by molar-refractivity contribution is 6.31. The fourth-order valence-corrected chi connectivity index (χ4v) is 1.81. The number of anilines is 1. The lowest BCUT2D eigenvalue weighted by Gasteiger charge is -2.06. The number of amides is 1. The lowest BCUT2D eigenvalue weighted by molar-refractivity contribution is 0.0696. The average molecular weight is 310 g/mol. The summed E-state index contributed by atoms with van der Waals surface area (Å²) in [5, 5.41) is 11.3. The summed E-state index contributed by atoms with van der Waals surface area (Å²) >= 11 is 5.75. The van der Waals surface area contributed by atoms with Crippen LogP contribution in [0.2, 0.25) is 5.02 Å². The van der Waals surface area contributed by atoms with Crippen LogP contribution in [0.3, 0.4) is 0 Å². The van der Waals surface area contributed by atoms with Crippen LogP contribution in [0.25, 0.3) is 0 Å². The van der Waals surface area contributed by atoms with Crippen molar-refractivity contribution in [1.29, 1.82) is 0 Å². The fourth-order valence-electron chi connectivity index (χ4n) is 1.57. The summed E-state index contributed by atoms with van der Waals surface area (Å²) in [5.74, 6) is -1.99. The molecule has 2 aromatic rings. The molecule has 0 atom stereocenters. The molecule has 0 unspecified atom stereocenters. The quantitative estimate of drug-likeness (QED) is 0.661. The zero-order valence-corrected chi connectivity index (χ0v) is 11.0. The van der Waals surface area contributed by atoms with Gasteiger partial charge in [-0.25, -0.2) is 9.59 Å². The second kappa shape index (κ2) is 5.63. The van der Waals surface area contributed by atoms with E-state index >= 15 is 0 Å². The van der Waals surface area contributed by atoms with Crippen LogP contribution in [0.1, 0.15) is 20.8 Å². The van der Waals surface area contributed by atoms with E-state index < -0.39 is 23.1 Å². The topological polar surface area (TPSA) is 132 Å². The summed E-state index contributed by atoms with van der Waals surface area (Å²) in [4.78, 5) is 49.0. The third kappa shape index (κ3) is 3.57. The first-order valence-corrected chi connectivity index (χ1v) is 5.92. The van der Waals surface area contributed by atoms with Gasteiger partial charge in [-0.3, -0.25) is 14.6 Å². The minimum Gasteiger partial charge on any atom is -0.478 e. The summed E-state index contributed by atoms with van der Waals surface area (Å²) < 4.78 is 0. The number of H-pyrrole nitrogens is 2. The first kappa shape index (κ1) is 14.5. The molecule has 0 spiro atoms. The Morgan fingerprint density at radius 1 is 1.10 bits per heavy atom. The molecule has 0 fully saturated rings. The van der Waals surface area contributed by atoms with Crippen molar-refractivity contribution >= 4 is 29.2 Å². The molecule has 8 nitrogen and oxygen atoms in total. The highest BCUT2D eigenvalue weighted by Crippen LogP contribution is 2.19. The van der Waals surface area contributed by atoms with Gasteiger partial charge in [-0.2, -0.15) is 0 Å². The van der Waals surface area contributed by atoms with Crippen molar-refractivity contribution in [3.63, 3.8) is 0 Å². The summed E-state index contributed by atoms with van der Waals surface area (Å²) in [6.07, 6.45) is 0. The van der Waals surface area contributed by atoms with Crippen LogP contribution in [0.15, 0.2) is 33.9 Å². The molecular formula is C12H8ClN3O5. The maximum atomic E-state index is 11.9. The zero-order valence-electron chi connectivity index (χ0n) is 10.3. The monoisotopic (exact) mass is 309 g/mol. The van der Waals surface area contributed by atoms with E-state index in [0.29, 0.717) is 0 Å². The van der Waals surface area contributed by atoms with E-state index in [4.69, 9.17) is 16.7 Å². The second-order valence-corrected chi connectivity index (χ2v) is 4.43. The number of benzene rings is 1. The third-order valence-corrected chi connectivity index (χ3v) is 2.63. The maximum Gasteiger partial charge on any atom is 0.335 e.